The Kier molecular flexibility index (Phi) is 5.08. The maximum absolute atomic E-state index is 12.0. The summed E-state index contributed by atoms with van der Waals surface area (Å²) in [5, 5.41) is 10.6. The highest BCUT2D eigenvalue weighted by molar-refractivity contribution is 9.10. The second-order valence-electron chi connectivity index (χ2n) is 5.03. The molecular weight excluding hydrogens is 336 g/mol. The first-order valence-corrected chi connectivity index (χ1v) is 7.39. The van der Waals surface area contributed by atoms with Gasteiger partial charge in [-0.1, -0.05) is 15.9 Å². The number of amides is 1. The van der Waals surface area contributed by atoms with Crippen molar-refractivity contribution in [2.24, 2.45) is 0 Å². The molecule has 0 aliphatic rings. The molecule has 0 fully saturated rings. The maximum atomic E-state index is 12.0. The quantitative estimate of drug-likeness (QED) is 0.844. The molecule has 0 saturated heterocycles. The van der Waals surface area contributed by atoms with Crippen LogP contribution in [0.3, 0.4) is 0 Å². The number of halogens is 1. The van der Waals surface area contributed by atoms with Gasteiger partial charge in [-0.3, -0.25) is 4.79 Å². The van der Waals surface area contributed by atoms with E-state index in [-0.39, 0.29) is 5.91 Å². The van der Waals surface area contributed by atoms with Crippen molar-refractivity contribution in [3.8, 4) is 0 Å². The van der Waals surface area contributed by atoms with Gasteiger partial charge in [0.1, 0.15) is 0 Å². The predicted octanol–water partition coefficient (Wildman–Crippen LogP) is 1.10. The zero-order valence-electron chi connectivity index (χ0n) is 12.2. The molecule has 6 nitrogen and oxygen atoms in total. The van der Waals surface area contributed by atoms with E-state index in [1.807, 2.05) is 32.2 Å². The van der Waals surface area contributed by atoms with E-state index in [2.05, 4.69) is 31.4 Å². The number of likely N-dealkylation sites (N-methyl/N-ethyl adjacent to an activating group) is 1. The number of benzene rings is 1. The number of aryl methyl sites for hydroxylation is 2. The van der Waals surface area contributed by atoms with Crippen LogP contribution in [0.2, 0.25) is 0 Å². The van der Waals surface area contributed by atoms with Gasteiger partial charge in [0.25, 0.3) is 11.8 Å². The molecule has 2 N–H and O–H groups in total. The van der Waals surface area contributed by atoms with Crippen LogP contribution in [0, 0.1) is 13.8 Å². The number of aromatic nitrogens is 2. The molecule has 2 rings (SSSR count). The van der Waals surface area contributed by atoms with Crippen LogP contribution in [-0.2, 0) is 11.3 Å². The second kappa shape index (κ2) is 6.82. The molecule has 0 bridgehead atoms. The molecule has 2 aromatic rings. The van der Waals surface area contributed by atoms with Crippen molar-refractivity contribution in [3.63, 3.8) is 0 Å². The van der Waals surface area contributed by atoms with E-state index in [0.29, 0.717) is 24.9 Å². The van der Waals surface area contributed by atoms with Gasteiger partial charge in [0.2, 0.25) is 5.89 Å². The molecule has 1 atom stereocenters. The maximum Gasteiger partial charge on any atom is 0.279 e. The molecule has 0 spiro atoms. The Balaban J connectivity index is 1.89. The average Bonchev–Trinajstić information content (AvgIpc) is 2.78. The van der Waals surface area contributed by atoms with Crippen molar-refractivity contribution >= 4 is 27.5 Å². The van der Waals surface area contributed by atoms with E-state index >= 15 is 0 Å². The van der Waals surface area contributed by atoms with E-state index in [4.69, 9.17) is 4.42 Å². The van der Waals surface area contributed by atoms with E-state index < -0.39 is 0 Å². The first kappa shape index (κ1) is 15.7. The molecule has 1 unspecified atom stereocenters. The monoisotopic (exact) mass is 353 g/mol. The smallest absolute Gasteiger partial charge is 0.279 e. The molecule has 0 saturated carbocycles. The molecule has 1 aromatic heterocycles. The van der Waals surface area contributed by atoms with Crippen LogP contribution in [0.25, 0.3) is 0 Å². The molecule has 1 heterocycles. The Morgan fingerprint density at radius 2 is 2.14 bits per heavy atom. The molecule has 1 amide bonds. The highest BCUT2D eigenvalue weighted by Crippen LogP contribution is 2.19. The lowest BCUT2D eigenvalue weighted by atomic mass is 10.2. The third-order valence-electron chi connectivity index (χ3n) is 2.95. The fraction of sp³-hybridized carbons (Fsp3) is 0.357. The molecule has 112 valence electrons. The zero-order valence-corrected chi connectivity index (χ0v) is 13.8. The number of hydrogen-bond acceptors (Lipinski definition) is 4. The van der Waals surface area contributed by atoms with Crippen LogP contribution < -0.4 is 10.2 Å². The Morgan fingerprint density at radius 1 is 1.38 bits per heavy atom. The number of carbonyl (C=O) groups excluding carboxylic acids is 1. The molecule has 0 radical (unpaired) electrons. The standard InChI is InChI=1S/C14H17BrN4O2/c1-9-6-11(15)4-5-12(9)16-13(20)7-19(3)8-14-18-17-10(2)21-14/h4-6H,7-8H2,1-3H3,(H,16,20)/p+1. The summed E-state index contributed by atoms with van der Waals surface area (Å²) in [6, 6.07) is 5.75. The fourth-order valence-electron chi connectivity index (χ4n) is 1.97. The summed E-state index contributed by atoms with van der Waals surface area (Å²) in [6.45, 7) is 4.55. The molecular formula is C14H18BrN4O2+. The van der Waals surface area contributed by atoms with Crippen LogP contribution >= 0.6 is 15.9 Å². The van der Waals surface area contributed by atoms with Crippen molar-refractivity contribution < 1.29 is 14.1 Å². The van der Waals surface area contributed by atoms with E-state index in [1.165, 1.54) is 0 Å². The minimum absolute atomic E-state index is 0.0471. The minimum atomic E-state index is -0.0471. The largest absolute Gasteiger partial charge is 0.420 e. The van der Waals surface area contributed by atoms with Crippen molar-refractivity contribution in [2.45, 2.75) is 20.4 Å². The van der Waals surface area contributed by atoms with Crippen molar-refractivity contribution in [3.05, 3.63) is 40.0 Å². The van der Waals surface area contributed by atoms with Gasteiger partial charge in [0, 0.05) is 17.1 Å². The summed E-state index contributed by atoms with van der Waals surface area (Å²) >= 11 is 3.40. The summed E-state index contributed by atoms with van der Waals surface area (Å²) < 4.78 is 6.30. The molecule has 0 aliphatic heterocycles. The van der Waals surface area contributed by atoms with Crippen LogP contribution in [0.1, 0.15) is 17.3 Å². The summed E-state index contributed by atoms with van der Waals surface area (Å²) in [5.74, 6) is 1.03. The topological polar surface area (TPSA) is 72.5 Å². The van der Waals surface area contributed by atoms with Gasteiger partial charge in [0.15, 0.2) is 13.1 Å². The van der Waals surface area contributed by atoms with Gasteiger partial charge in [0.05, 0.1) is 7.05 Å². The predicted molar refractivity (Wildman–Crippen MR) is 82.0 cm³/mol. The van der Waals surface area contributed by atoms with Crippen LogP contribution in [0.5, 0.6) is 0 Å². The number of quaternary nitrogens is 1. The third kappa shape index (κ3) is 4.64. The van der Waals surface area contributed by atoms with E-state index in [1.54, 1.807) is 6.92 Å². The van der Waals surface area contributed by atoms with Gasteiger partial charge in [-0.15, -0.1) is 10.2 Å². The number of hydrogen-bond donors (Lipinski definition) is 2. The van der Waals surface area contributed by atoms with Gasteiger partial charge >= 0.3 is 0 Å². The summed E-state index contributed by atoms with van der Waals surface area (Å²) in [5.41, 5.74) is 1.84. The lowest BCUT2D eigenvalue weighted by Gasteiger charge is -2.13. The number of nitrogens with zero attached hydrogens (tertiary/aromatic N) is 2. The Morgan fingerprint density at radius 3 is 2.76 bits per heavy atom. The number of rotatable bonds is 5. The molecule has 1 aromatic carbocycles. The minimum Gasteiger partial charge on any atom is -0.420 e. The number of nitrogens with one attached hydrogen (secondary N) is 2. The highest BCUT2D eigenvalue weighted by atomic mass is 79.9. The van der Waals surface area contributed by atoms with Crippen molar-refractivity contribution in [1.82, 2.24) is 10.2 Å². The van der Waals surface area contributed by atoms with E-state index in [0.717, 1.165) is 20.6 Å². The van der Waals surface area contributed by atoms with Crippen molar-refractivity contribution in [1.29, 1.82) is 0 Å². The van der Waals surface area contributed by atoms with Crippen molar-refractivity contribution in [2.75, 3.05) is 18.9 Å². The van der Waals surface area contributed by atoms with Gasteiger partial charge in [-0.05, 0) is 30.7 Å². The third-order valence-corrected chi connectivity index (χ3v) is 3.44. The Labute approximate surface area is 131 Å². The Bertz CT molecular complexity index is 642. The van der Waals surface area contributed by atoms with Crippen LogP contribution in [0.4, 0.5) is 5.69 Å². The van der Waals surface area contributed by atoms with Crippen LogP contribution in [0.15, 0.2) is 27.1 Å². The summed E-state index contributed by atoms with van der Waals surface area (Å²) in [4.78, 5) is 13.0. The van der Waals surface area contributed by atoms with Gasteiger partial charge in [-0.25, -0.2) is 0 Å². The molecule has 7 heteroatoms. The highest BCUT2D eigenvalue weighted by Gasteiger charge is 2.14. The van der Waals surface area contributed by atoms with Crippen LogP contribution in [-0.4, -0.2) is 29.7 Å². The fourth-order valence-corrected chi connectivity index (χ4v) is 2.44. The summed E-state index contributed by atoms with van der Waals surface area (Å²) in [7, 11) is 1.91. The lowest BCUT2D eigenvalue weighted by molar-refractivity contribution is -0.886. The number of carbonyl (C=O) groups is 1. The van der Waals surface area contributed by atoms with E-state index in [9.17, 15) is 4.79 Å². The summed E-state index contributed by atoms with van der Waals surface area (Å²) in [6.07, 6.45) is 0. The first-order valence-electron chi connectivity index (χ1n) is 6.60. The SMILES string of the molecule is Cc1nnc(C[NH+](C)CC(=O)Nc2ccc(Br)cc2C)o1. The average molecular weight is 354 g/mol. The second-order valence-corrected chi connectivity index (χ2v) is 5.95. The van der Waals surface area contributed by atoms with Gasteiger partial charge < -0.3 is 14.6 Å². The Hall–Kier alpha value is -1.73. The number of anilines is 1. The van der Waals surface area contributed by atoms with Gasteiger partial charge in [-0.2, -0.15) is 0 Å². The zero-order chi connectivity index (χ0) is 15.4. The molecule has 0 aliphatic carbocycles. The molecule has 21 heavy (non-hydrogen) atoms. The normalized spacial score (nSPS) is 12.2. The lowest BCUT2D eigenvalue weighted by Crippen LogP contribution is -3.08. The first-order chi connectivity index (χ1) is 9.94.